The van der Waals surface area contributed by atoms with Crippen molar-refractivity contribution in [3.8, 4) is 0 Å². The Morgan fingerprint density at radius 1 is 1.20 bits per heavy atom. The zero-order valence-corrected chi connectivity index (χ0v) is 15.5. The molecule has 6 heteroatoms. The highest BCUT2D eigenvalue weighted by Gasteiger charge is 2.20. The van der Waals surface area contributed by atoms with Gasteiger partial charge in [0, 0.05) is 24.4 Å². The third-order valence-corrected chi connectivity index (χ3v) is 4.90. The van der Waals surface area contributed by atoms with Gasteiger partial charge in [0.1, 0.15) is 0 Å². The lowest BCUT2D eigenvalue weighted by Gasteiger charge is -2.17. The lowest BCUT2D eigenvalue weighted by molar-refractivity contribution is -0.387. The first kappa shape index (κ1) is 19.0. The lowest BCUT2D eigenvalue weighted by Crippen LogP contribution is -2.26. The Morgan fingerprint density at radius 2 is 1.88 bits per heavy atom. The number of carbonyl (C=O) groups is 1. The number of nitrogens with zero attached hydrogens (tertiary/aromatic N) is 2. The molecule has 0 aliphatic rings. The van der Waals surface area contributed by atoms with Crippen LogP contribution in [0.1, 0.15) is 30.6 Å². The van der Waals surface area contributed by atoms with E-state index in [1.807, 2.05) is 30.3 Å². The molecule has 0 bridgehead atoms. The number of benzene rings is 2. The van der Waals surface area contributed by atoms with Crippen LogP contribution in [-0.4, -0.2) is 23.6 Å². The van der Waals surface area contributed by atoms with E-state index in [-0.39, 0.29) is 11.6 Å². The number of nitro groups is 1. The third-order valence-electron chi connectivity index (χ3n) is 3.80. The summed E-state index contributed by atoms with van der Waals surface area (Å²) in [4.78, 5) is 25.7. The Labute approximate surface area is 152 Å². The van der Waals surface area contributed by atoms with Gasteiger partial charge in [0.15, 0.2) is 0 Å². The van der Waals surface area contributed by atoms with Gasteiger partial charge in [-0.3, -0.25) is 14.9 Å². The van der Waals surface area contributed by atoms with Gasteiger partial charge in [-0.2, -0.15) is 0 Å². The highest BCUT2D eigenvalue weighted by atomic mass is 32.2. The van der Waals surface area contributed by atoms with Gasteiger partial charge in [0.2, 0.25) is 0 Å². The minimum Gasteiger partial charge on any atom is -0.311 e. The first-order valence-corrected chi connectivity index (χ1v) is 9.13. The summed E-state index contributed by atoms with van der Waals surface area (Å²) >= 11 is 1.46. The number of amides is 1. The number of nitro benzene ring substituents is 1. The molecule has 0 saturated carbocycles. The first-order chi connectivity index (χ1) is 11.9. The van der Waals surface area contributed by atoms with E-state index in [9.17, 15) is 14.9 Å². The molecule has 0 aliphatic heterocycles. The van der Waals surface area contributed by atoms with Crippen LogP contribution in [0.25, 0.3) is 0 Å². The molecule has 25 heavy (non-hydrogen) atoms. The summed E-state index contributed by atoms with van der Waals surface area (Å²) in [6, 6.07) is 13.9. The van der Waals surface area contributed by atoms with Crippen LogP contribution in [0.15, 0.2) is 53.4 Å². The molecule has 5 nitrogen and oxygen atoms in total. The minimum atomic E-state index is -0.420. The molecule has 0 radical (unpaired) electrons. The standard InChI is InChI=1S/C19H22N2O3S/c1-14(2)11-12-25-18-10-9-15(13-17(18)21(23)24)19(22)20(3)16-7-5-4-6-8-16/h4-10,13-14H,11-12H2,1-3H3. The van der Waals surface area contributed by atoms with Crippen molar-refractivity contribution >= 4 is 29.0 Å². The van der Waals surface area contributed by atoms with Crippen molar-refractivity contribution in [3.63, 3.8) is 0 Å². The Balaban J connectivity index is 2.23. The van der Waals surface area contributed by atoms with Gasteiger partial charge in [-0.1, -0.05) is 32.0 Å². The molecule has 0 aliphatic carbocycles. The van der Waals surface area contributed by atoms with E-state index in [1.165, 1.54) is 22.7 Å². The van der Waals surface area contributed by atoms with Crippen molar-refractivity contribution in [3.05, 3.63) is 64.2 Å². The number of hydrogen-bond acceptors (Lipinski definition) is 4. The molecule has 0 unspecified atom stereocenters. The topological polar surface area (TPSA) is 63.5 Å². The Hall–Kier alpha value is -2.34. The largest absolute Gasteiger partial charge is 0.311 e. The predicted molar refractivity (Wildman–Crippen MR) is 102 cm³/mol. The molecular formula is C19H22N2O3S. The summed E-state index contributed by atoms with van der Waals surface area (Å²) in [6.45, 7) is 4.24. The summed E-state index contributed by atoms with van der Waals surface area (Å²) in [5.74, 6) is 1.09. The van der Waals surface area contributed by atoms with Gasteiger partial charge in [-0.15, -0.1) is 11.8 Å². The third kappa shape index (κ3) is 5.06. The Morgan fingerprint density at radius 3 is 2.48 bits per heavy atom. The molecule has 0 fully saturated rings. The number of anilines is 1. The second-order valence-corrected chi connectivity index (χ2v) is 7.31. The molecule has 2 aromatic carbocycles. The van der Waals surface area contributed by atoms with Gasteiger partial charge < -0.3 is 4.90 Å². The molecule has 2 rings (SSSR count). The molecular weight excluding hydrogens is 336 g/mol. The van der Waals surface area contributed by atoms with Crippen LogP contribution in [0.2, 0.25) is 0 Å². The van der Waals surface area contributed by atoms with E-state index in [0.717, 1.165) is 17.9 Å². The van der Waals surface area contributed by atoms with Crippen LogP contribution in [0, 0.1) is 16.0 Å². The van der Waals surface area contributed by atoms with Crippen molar-refractivity contribution in [2.24, 2.45) is 5.92 Å². The van der Waals surface area contributed by atoms with Crippen LogP contribution >= 0.6 is 11.8 Å². The van der Waals surface area contributed by atoms with Crippen LogP contribution < -0.4 is 4.90 Å². The summed E-state index contributed by atoms with van der Waals surface area (Å²) < 4.78 is 0. The average molecular weight is 358 g/mol. The quantitative estimate of drug-likeness (QED) is 0.396. The molecule has 2 aromatic rings. The molecule has 0 heterocycles. The van der Waals surface area contributed by atoms with Crippen LogP contribution in [0.4, 0.5) is 11.4 Å². The molecule has 0 saturated heterocycles. The zero-order chi connectivity index (χ0) is 18.4. The average Bonchev–Trinajstić information content (AvgIpc) is 2.61. The van der Waals surface area contributed by atoms with Gasteiger partial charge >= 0.3 is 0 Å². The number of thioether (sulfide) groups is 1. The highest BCUT2D eigenvalue weighted by Crippen LogP contribution is 2.31. The molecule has 132 valence electrons. The second-order valence-electron chi connectivity index (χ2n) is 6.17. The predicted octanol–water partition coefficient (Wildman–Crippen LogP) is 5.01. The van der Waals surface area contributed by atoms with Crippen LogP contribution in [0.3, 0.4) is 0 Å². The Kier molecular flexibility index (Phi) is 6.58. The minimum absolute atomic E-state index is 0.0129. The van der Waals surface area contributed by atoms with E-state index in [0.29, 0.717) is 16.4 Å². The van der Waals surface area contributed by atoms with Gasteiger partial charge in [0.25, 0.3) is 11.6 Å². The van der Waals surface area contributed by atoms with Gasteiger partial charge in [0.05, 0.1) is 9.82 Å². The van der Waals surface area contributed by atoms with E-state index < -0.39 is 4.92 Å². The lowest BCUT2D eigenvalue weighted by atomic mass is 10.1. The summed E-state index contributed by atoms with van der Waals surface area (Å²) in [7, 11) is 1.66. The zero-order valence-electron chi connectivity index (χ0n) is 14.6. The van der Waals surface area contributed by atoms with Gasteiger partial charge in [-0.25, -0.2) is 0 Å². The van der Waals surface area contributed by atoms with Crippen molar-refractivity contribution in [1.82, 2.24) is 0 Å². The van der Waals surface area contributed by atoms with E-state index in [4.69, 9.17) is 0 Å². The maximum atomic E-state index is 12.6. The van der Waals surface area contributed by atoms with Crippen molar-refractivity contribution < 1.29 is 9.72 Å². The van der Waals surface area contributed by atoms with E-state index in [2.05, 4.69) is 13.8 Å². The molecule has 1 amide bonds. The first-order valence-electron chi connectivity index (χ1n) is 8.14. The highest BCUT2D eigenvalue weighted by molar-refractivity contribution is 7.99. The molecule has 0 aromatic heterocycles. The van der Waals surface area contributed by atoms with Crippen LogP contribution in [0.5, 0.6) is 0 Å². The van der Waals surface area contributed by atoms with Gasteiger partial charge in [-0.05, 0) is 42.4 Å². The van der Waals surface area contributed by atoms with Crippen molar-refractivity contribution in [2.45, 2.75) is 25.2 Å². The fraction of sp³-hybridized carbons (Fsp3) is 0.316. The van der Waals surface area contributed by atoms with Crippen molar-refractivity contribution in [1.29, 1.82) is 0 Å². The number of carbonyl (C=O) groups excluding carboxylic acids is 1. The van der Waals surface area contributed by atoms with Crippen LogP contribution in [-0.2, 0) is 0 Å². The maximum Gasteiger partial charge on any atom is 0.283 e. The number of hydrogen-bond donors (Lipinski definition) is 0. The molecule has 0 atom stereocenters. The summed E-state index contributed by atoms with van der Waals surface area (Å²) in [6.07, 6.45) is 0.985. The number of rotatable bonds is 7. The summed E-state index contributed by atoms with van der Waals surface area (Å²) in [5, 5.41) is 11.4. The fourth-order valence-electron chi connectivity index (χ4n) is 2.28. The summed E-state index contributed by atoms with van der Waals surface area (Å²) in [5.41, 5.74) is 1.04. The fourth-order valence-corrected chi connectivity index (χ4v) is 3.54. The monoisotopic (exact) mass is 358 g/mol. The maximum absolute atomic E-state index is 12.6. The smallest absolute Gasteiger partial charge is 0.283 e. The van der Waals surface area contributed by atoms with Crippen molar-refractivity contribution in [2.75, 3.05) is 17.7 Å². The van der Waals surface area contributed by atoms with E-state index >= 15 is 0 Å². The number of para-hydroxylation sites is 1. The second kappa shape index (κ2) is 8.67. The molecule has 0 spiro atoms. The SMILES string of the molecule is CC(C)CCSc1ccc(C(=O)N(C)c2ccccc2)cc1[N+](=O)[O-]. The normalized spacial score (nSPS) is 10.7. The molecule has 0 N–H and O–H groups in total. The van der Waals surface area contributed by atoms with E-state index in [1.54, 1.807) is 19.2 Å². The Bertz CT molecular complexity index is 748.